The Kier molecular flexibility index (Phi) is 5.02. The predicted octanol–water partition coefficient (Wildman–Crippen LogP) is 2.99. The molecule has 0 aliphatic carbocycles. The first-order chi connectivity index (χ1) is 9.76. The summed E-state index contributed by atoms with van der Waals surface area (Å²) in [6.45, 7) is 0.615. The molecule has 0 saturated carbocycles. The SMILES string of the molecule is COc1ccc(C(CN)Cc2cccc(OC)c2)cc1. The fourth-order valence-corrected chi connectivity index (χ4v) is 2.30. The Hall–Kier alpha value is -2.00. The predicted molar refractivity (Wildman–Crippen MR) is 81.5 cm³/mol. The van der Waals surface area contributed by atoms with Crippen LogP contribution in [0.5, 0.6) is 11.5 Å². The minimum Gasteiger partial charge on any atom is -0.497 e. The van der Waals surface area contributed by atoms with E-state index in [-0.39, 0.29) is 0 Å². The van der Waals surface area contributed by atoms with Gasteiger partial charge in [-0.3, -0.25) is 0 Å². The normalized spacial score (nSPS) is 11.9. The van der Waals surface area contributed by atoms with Gasteiger partial charge in [-0.05, 0) is 48.4 Å². The molecular weight excluding hydrogens is 250 g/mol. The lowest BCUT2D eigenvalue weighted by molar-refractivity contribution is 0.414. The average molecular weight is 271 g/mol. The molecule has 0 radical (unpaired) electrons. The van der Waals surface area contributed by atoms with Crippen molar-refractivity contribution in [1.29, 1.82) is 0 Å². The van der Waals surface area contributed by atoms with Gasteiger partial charge < -0.3 is 15.2 Å². The second-order valence-electron chi connectivity index (χ2n) is 4.76. The first-order valence-electron chi connectivity index (χ1n) is 6.73. The maximum atomic E-state index is 5.93. The van der Waals surface area contributed by atoms with Crippen molar-refractivity contribution in [2.75, 3.05) is 20.8 Å². The summed E-state index contributed by atoms with van der Waals surface area (Å²) in [7, 11) is 3.36. The van der Waals surface area contributed by atoms with Crippen LogP contribution < -0.4 is 15.2 Å². The summed E-state index contributed by atoms with van der Waals surface area (Å²) < 4.78 is 10.4. The minimum absolute atomic E-state index is 0.299. The van der Waals surface area contributed by atoms with Crippen LogP contribution >= 0.6 is 0 Å². The molecule has 106 valence electrons. The Morgan fingerprint density at radius 1 is 0.950 bits per heavy atom. The maximum absolute atomic E-state index is 5.93. The summed E-state index contributed by atoms with van der Waals surface area (Å²) in [4.78, 5) is 0. The molecule has 0 fully saturated rings. The summed E-state index contributed by atoms with van der Waals surface area (Å²) in [5.74, 6) is 2.05. The zero-order chi connectivity index (χ0) is 14.4. The Balaban J connectivity index is 2.14. The number of benzene rings is 2. The molecular formula is C17H21NO2. The van der Waals surface area contributed by atoms with Crippen LogP contribution in [0.25, 0.3) is 0 Å². The second-order valence-corrected chi connectivity index (χ2v) is 4.76. The number of nitrogens with two attached hydrogens (primary N) is 1. The molecule has 3 nitrogen and oxygen atoms in total. The van der Waals surface area contributed by atoms with Crippen LogP contribution in [-0.2, 0) is 6.42 Å². The number of rotatable bonds is 6. The summed E-state index contributed by atoms with van der Waals surface area (Å²) >= 11 is 0. The first kappa shape index (κ1) is 14.4. The molecule has 0 amide bonds. The highest BCUT2D eigenvalue weighted by Crippen LogP contribution is 2.24. The van der Waals surface area contributed by atoms with Crippen molar-refractivity contribution in [1.82, 2.24) is 0 Å². The Labute approximate surface area is 120 Å². The van der Waals surface area contributed by atoms with Crippen LogP contribution in [-0.4, -0.2) is 20.8 Å². The maximum Gasteiger partial charge on any atom is 0.119 e. The van der Waals surface area contributed by atoms with Crippen molar-refractivity contribution in [3.8, 4) is 11.5 Å². The fraction of sp³-hybridized carbons (Fsp3) is 0.294. The van der Waals surface area contributed by atoms with Crippen LogP contribution in [0.3, 0.4) is 0 Å². The van der Waals surface area contributed by atoms with Crippen molar-refractivity contribution < 1.29 is 9.47 Å². The summed E-state index contributed by atoms with van der Waals surface area (Å²) in [6, 6.07) is 16.2. The second kappa shape index (κ2) is 6.96. The van der Waals surface area contributed by atoms with Crippen molar-refractivity contribution in [3.63, 3.8) is 0 Å². The average Bonchev–Trinajstić information content (AvgIpc) is 2.53. The van der Waals surface area contributed by atoms with Crippen molar-refractivity contribution >= 4 is 0 Å². The van der Waals surface area contributed by atoms with Crippen molar-refractivity contribution in [2.45, 2.75) is 12.3 Å². The third-order valence-electron chi connectivity index (χ3n) is 3.49. The lowest BCUT2D eigenvalue weighted by Gasteiger charge is -2.16. The van der Waals surface area contributed by atoms with Crippen LogP contribution in [0, 0.1) is 0 Å². The van der Waals surface area contributed by atoms with Gasteiger partial charge in [-0.2, -0.15) is 0 Å². The van der Waals surface area contributed by atoms with E-state index in [0.717, 1.165) is 17.9 Å². The number of hydrogen-bond donors (Lipinski definition) is 1. The van der Waals surface area contributed by atoms with E-state index >= 15 is 0 Å². The molecule has 0 aliphatic heterocycles. The van der Waals surface area contributed by atoms with E-state index < -0.39 is 0 Å². The Bertz CT molecular complexity index is 537. The van der Waals surface area contributed by atoms with Crippen LogP contribution in [0.15, 0.2) is 48.5 Å². The highest BCUT2D eigenvalue weighted by Gasteiger charge is 2.11. The van der Waals surface area contributed by atoms with E-state index in [1.54, 1.807) is 14.2 Å². The van der Waals surface area contributed by atoms with E-state index in [0.29, 0.717) is 12.5 Å². The zero-order valence-electron chi connectivity index (χ0n) is 12.0. The molecule has 1 atom stereocenters. The van der Waals surface area contributed by atoms with Crippen LogP contribution in [0.4, 0.5) is 0 Å². The lowest BCUT2D eigenvalue weighted by atomic mass is 9.92. The molecule has 2 N–H and O–H groups in total. The monoisotopic (exact) mass is 271 g/mol. The quantitative estimate of drug-likeness (QED) is 0.878. The Morgan fingerprint density at radius 2 is 1.65 bits per heavy atom. The number of hydrogen-bond acceptors (Lipinski definition) is 3. The molecule has 0 aliphatic rings. The van der Waals surface area contributed by atoms with Crippen LogP contribution in [0.1, 0.15) is 17.0 Å². The highest BCUT2D eigenvalue weighted by molar-refractivity contribution is 5.33. The minimum atomic E-state index is 0.299. The van der Waals surface area contributed by atoms with E-state index in [1.165, 1.54) is 11.1 Å². The van der Waals surface area contributed by atoms with Gasteiger partial charge in [0.05, 0.1) is 14.2 Å². The van der Waals surface area contributed by atoms with E-state index in [9.17, 15) is 0 Å². The molecule has 2 aromatic carbocycles. The molecule has 0 aromatic heterocycles. The van der Waals surface area contributed by atoms with Crippen LogP contribution in [0.2, 0.25) is 0 Å². The molecule has 0 heterocycles. The van der Waals surface area contributed by atoms with Gasteiger partial charge >= 0.3 is 0 Å². The smallest absolute Gasteiger partial charge is 0.119 e. The summed E-state index contributed by atoms with van der Waals surface area (Å²) in [5, 5.41) is 0. The number of methoxy groups -OCH3 is 2. The van der Waals surface area contributed by atoms with Gasteiger partial charge in [-0.15, -0.1) is 0 Å². The van der Waals surface area contributed by atoms with Gasteiger partial charge in [-0.25, -0.2) is 0 Å². The molecule has 1 unspecified atom stereocenters. The van der Waals surface area contributed by atoms with Crippen molar-refractivity contribution in [3.05, 3.63) is 59.7 Å². The third kappa shape index (κ3) is 3.52. The largest absolute Gasteiger partial charge is 0.497 e. The molecule has 2 rings (SSSR count). The summed E-state index contributed by atoms with van der Waals surface area (Å²) in [6.07, 6.45) is 0.903. The van der Waals surface area contributed by atoms with Gasteiger partial charge in [0.25, 0.3) is 0 Å². The fourth-order valence-electron chi connectivity index (χ4n) is 2.30. The molecule has 0 bridgehead atoms. The van der Waals surface area contributed by atoms with E-state index in [1.807, 2.05) is 24.3 Å². The summed E-state index contributed by atoms with van der Waals surface area (Å²) in [5.41, 5.74) is 8.40. The van der Waals surface area contributed by atoms with Gasteiger partial charge in [0, 0.05) is 5.92 Å². The standard InChI is InChI=1S/C17H21NO2/c1-19-16-8-6-14(7-9-16)15(12-18)10-13-4-3-5-17(11-13)20-2/h3-9,11,15H,10,12,18H2,1-2H3. The Morgan fingerprint density at radius 3 is 2.25 bits per heavy atom. The van der Waals surface area contributed by atoms with Gasteiger partial charge in [0.2, 0.25) is 0 Å². The zero-order valence-corrected chi connectivity index (χ0v) is 12.0. The molecule has 2 aromatic rings. The van der Waals surface area contributed by atoms with Gasteiger partial charge in [-0.1, -0.05) is 24.3 Å². The lowest BCUT2D eigenvalue weighted by Crippen LogP contribution is -2.15. The van der Waals surface area contributed by atoms with Gasteiger partial charge in [0.1, 0.15) is 11.5 Å². The molecule has 20 heavy (non-hydrogen) atoms. The number of ether oxygens (including phenoxy) is 2. The highest BCUT2D eigenvalue weighted by atomic mass is 16.5. The molecule has 0 saturated heterocycles. The molecule has 3 heteroatoms. The van der Waals surface area contributed by atoms with Gasteiger partial charge in [0.15, 0.2) is 0 Å². The van der Waals surface area contributed by atoms with E-state index in [4.69, 9.17) is 15.2 Å². The third-order valence-corrected chi connectivity index (χ3v) is 3.49. The molecule has 0 spiro atoms. The first-order valence-corrected chi connectivity index (χ1v) is 6.73. The van der Waals surface area contributed by atoms with E-state index in [2.05, 4.69) is 24.3 Å². The topological polar surface area (TPSA) is 44.5 Å². The van der Waals surface area contributed by atoms with Crippen molar-refractivity contribution in [2.24, 2.45) is 5.73 Å².